The molecule has 5 nitrogen and oxygen atoms in total. The van der Waals surface area contributed by atoms with Gasteiger partial charge in [-0.3, -0.25) is 9.59 Å². The lowest BCUT2D eigenvalue weighted by atomic mass is 10.1. The molecule has 1 aromatic heterocycles. The van der Waals surface area contributed by atoms with Gasteiger partial charge in [0.05, 0.1) is 6.26 Å². The van der Waals surface area contributed by atoms with Crippen LogP contribution < -0.4 is 10.6 Å². The van der Waals surface area contributed by atoms with Crippen LogP contribution in [0.3, 0.4) is 0 Å². The molecule has 2 N–H and O–H groups in total. The van der Waals surface area contributed by atoms with Crippen LogP contribution in [0.5, 0.6) is 0 Å². The third-order valence-corrected chi connectivity index (χ3v) is 3.03. The Morgan fingerprint density at radius 1 is 1.19 bits per heavy atom. The van der Waals surface area contributed by atoms with Gasteiger partial charge in [-0.2, -0.15) is 0 Å². The van der Waals surface area contributed by atoms with Gasteiger partial charge in [-0.25, -0.2) is 0 Å². The molecule has 0 bridgehead atoms. The fourth-order valence-electron chi connectivity index (χ4n) is 1.83. The number of rotatable bonds is 5. The fourth-order valence-corrected chi connectivity index (χ4v) is 1.83. The molecule has 110 valence electrons. The molecule has 1 aromatic carbocycles. The van der Waals surface area contributed by atoms with Gasteiger partial charge in [-0.1, -0.05) is 13.0 Å². The number of benzene rings is 1. The molecule has 2 amide bonds. The maximum atomic E-state index is 12.0. The highest BCUT2D eigenvalue weighted by molar-refractivity contribution is 6.03. The van der Waals surface area contributed by atoms with Crippen molar-refractivity contribution >= 4 is 17.5 Å². The number of carbonyl (C=O) groups excluding carboxylic acids is 2. The highest BCUT2D eigenvalue weighted by Crippen LogP contribution is 2.18. The summed E-state index contributed by atoms with van der Waals surface area (Å²) in [5, 5.41) is 5.56. The average molecular weight is 286 g/mol. The van der Waals surface area contributed by atoms with Crippen molar-refractivity contribution in [3.8, 4) is 0 Å². The molecule has 0 aliphatic rings. The second-order valence-corrected chi connectivity index (χ2v) is 4.72. The smallest absolute Gasteiger partial charge is 0.291 e. The van der Waals surface area contributed by atoms with Crippen LogP contribution in [0.15, 0.2) is 41.0 Å². The normalized spacial score (nSPS) is 10.2. The molecule has 0 radical (unpaired) electrons. The predicted molar refractivity (Wildman–Crippen MR) is 80.5 cm³/mol. The van der Waals surface area contributed by atoms with E-state index in [1.165, 1.54) is 6.26 Å². The number of amides is 2. The summed E-state index contributed by atoms with van der Waals surface area (Å²) in [6.45, 7) is 4.48. The molecule has 2 aromatic rings. The van der Waals surface area contributed by atoms with Gasteiger partial charge in [0, 0.05) is 17.8 Å². The number of hydrogen-bond acceptors (Lipinski definition) is 3. The number of hydrogen-bond donors (Lipinski definition) is 2. The molecule has 2 rings (SSSR count). The Morgan fingerprint density at radius 3 is 2.67 bits per heavy atom. The Hall–Kier alpha value is -2.56. The summed E-state index contributed by atoms with van der Waals surface area (Å²) in [7, 11) is 0. The first-order valence-electron chi connectivity index (χ1n) is 6.85. The van der Waals surface area contributed by atoms with Gasteiger partial charge in [0.25, 0.3) is 11.8 Å². The van der Waals surface area contributed by atoms with Crippen molar-refractivity contribution in [2.45, 2.75) is 20.3 Å². The first-order valence-corrected chi connectivity index (χ1v) is 6.85. The van der Waals surface area contributed by atoms with Crippen LogP contribution in [-0.2, 0) is 0 Å². The summed E-state index contributed by atoms with van der Waals surface area (Å²) in [6.07, 6.45) is 2.32. The summed E-state index contributed by atoms with van der Waals surface area (Å²) in [5.41, 5.74) is 1.99. The molecule has 0 saturated carbocycles. The second-order valence-electron chi connectivity index (χ2n) is 4.72. The van der Waals surface area contributed by atoms with E-state index < -0.39 is 0 Å². The quantitative estimate of drug-likeness (QED) is 0.887. The molecule has 1 heterocycles. The highest BCUT2D eigenvalue weighted by atomic mass is 16.3. The van der Waals surface area contributed by atoms with Crippen molar-refractivity contribution in [3.05, 3.63) is 53.5 Å². The molecule has 0 aliphatic heterocycles. The number of aryl methyl sites for hydroxylation is 1. The first kappa shape index (κ1) is 14.8. The van der Waals surface area contributed by atoms with Crippen LogP contribution in [0.2, 0.25) is 0 Å². The van der Waals surface area contributed by atoms with Gasteiger partial charge in [-0.05, 0) is 43.2 Å². The van der Waals surface area contributed by atoms with E-state index >= 15 is 0 Å². The van der Waals surface area contributed by atoms with Crippen molar-refractivity contribution in [2.75, 3.05) is 11.9 Å². The number of carbonyl (C=O) groups is 2. The predicted octanol–water partition coefficient (Wildman–Crippen LogP) is 2.98. The van der Waals surface area contributed by atoms with E-state index in [-0.39, 0.29) is 17.6 Å². The molecule has 21 heavy (non-hydrogen) atoms. The minimum atomic E-state index is -0.339. The Morgan fingerprint density at radius 2 is 2.00 bits per heavy atom. The number of furan rings is 1. The van der Waals surface area contributed by atoms with E-state index in [0.29, 0.717) is 17.8 Å². The Labute approximate surface area is 123 Å². The summed E-state index contributed by atoms with van der Waals surface area (Å²) < 4.78 is 5.05. The van der Waals surface area contributed by atoms with Crippen LogP contribution in [0.4, 0.5) is 5.69 Å². The van der Waals surface area contributed by atoms with Crippen LogP contribution in [0.1, 0.15) is 39.8 Å². The van der Waals surface area contributed by atoms with Gasteiger partial charge in [0.1, 0.15) is 0 Å². The van der Waals surface area contributed by atoms with Crippen molar-refractivity contribution in [1.82, 2.24) is 5.32 Å². The summed E-state index contributed by atoms with van der Waals surface area (Å²) in [6, 6.07) is 8.45. The van der Waals surface area contributed by atoms with E-state index in [1.807, 2.05) is 13.8 Å². The topological polar surface area (TPSA) is 71.3 Å². The number of anilines is 1. The molecule has 0 saturated heterocycles. The lowest BCUT2D eigenvalue weighted by Gasteiger charge is -2.10. The second kappa shape index (κ2) is 6.74. The summed E-state index contributed by atoms with van der Waals surface area (Å²) in [4.78, 5) is 23.9. The SMILES string of the molecule is CCCNC(=O)c1ccc(C)c(NC(=O)c2ccco2)c1. The largest absolute Gasteiger partial charge is 0.459 e. The van der Waals surface area contributed by atoms with E-state index in [4.69, 9.17) is 4.42 Å². The minimum absolute atomic E-state index is 0.148. The van der Waals surface area contributed by atoms with Crippen molar-refractivity contribution in [3.63, 3.8) is 0 Å². The van der Waals surface area contributed by atoms with E-state index in [2.05, 4.69) is 10.6 Å². The molecule has 0 aliphatic carbocycles. The Kier molecular flexibility index (Phi) is 4.77. The van der Waals surface area contributed by atoms with Crippen molar-refractivity contribution in [2.24, 2.45) is 0 Å². The summed E-state index contributed by atoms with van der Waals surface area (Å²) in [5.74, 6) is -0.255. The Bertz CT molecular complexity index is 633. The first-order chi connectivity index (χ1) is 10.1. The maximum absolute atomic E-state index is 12.0. The number of nitrogens with one attached hydrogen (secondary N) is 2. The molecular formula is C16H18N2O3. The standard InChI is InChI=1S/C16H18N2O3/c1-3-8-17-15(19)12-7-6-11(2)13(10-12)18-16(20)14-5-4-9-21-14/h4-7,9-10H,3,8H2,1-2H3,(H,17,19)(H,18,20). The maximum Gasteiger partial charge on any atom is 0.291 e. The highest BCUT2D eigenvalue weighted by Gasteiger charge is 2.12. The van der Waals surface area contributed by atoms with E-state index in [1.54, 1.807) is 30.3 Å². The van der Waals surface area contributed by atoms with Gasteiger partial charge >= 0.3 is 0 Å². The zero-order valence-electron chi connectivity index (χ0n) is 12.1. The molecule has 0 fully saturated rings. The average Bonchev–Trinajstić information content (AvgIpc) is 3.01. The zero-order valence-corrected chi connectivity index (χ0v) is 12.1. The molecule has 5 heteroatoms. The van der Waals surface area contributed by atoms with Crippen LogP contribution >= 0.6 is 0 Å². The minimum Gasteiger partial charge on any atom is -0.459 e. The van der Waals surface area contributed by atoms with Crippen LogP contribution in [0.25, 0.3) is 0 Å². The fraction of sp³-hybridized carbons (Fsp3) is 0.250. The van der Waals surface area contributed by atoms with Gasteiger partial charge in [0.15, 0.2) is 5.76 Å². The van der Waals surface area contributed by atoms with Gasteiger partial charge < -0.3 is 15.1 Å². The van der Waals surface area contributed by atoms with Crippen LogP contribution in [-0.4, -0.2) is 18.4 Å². The third-order valence-electron chi connectivity index (χ3n) is 3.03. The van der Waals surface area contributed by atoms with Crippen molar-refractivity contribution < 1.29 is 14.0 Å². The zero-order chi connectivity index (χ0) is 15.2. The third kappa shape index (κ3) is 3.72. The van der Waals surface area contributed by atoms with Gasteiger partial charge in [0.2, 0.25) is 0 Å². The van der Waals surface area contributed by atoms with Crippen LogP contribution in [0, 0.1) is 6.92 Å². The molecule has 0 unspecified atom stereocenters. The summed E-state index contributed by atoms with van der Waals surface area (Å²) >= 11 is 0. The van der Waals surface area contributed by atoms with E-state index in [0.717, 1.165) is 12.0 Å². The molecule has 0 atom stereocenters. The Balaban J connectivity index is 2.15. The van der Waals surface area contributed by atoms with Gasteiger partial charge in [-0.15, -0.1) is 0 Å². The lowest BCUT2D eigenvalue weighted by Crippen LogP contribution is -2.24. The molecular weight excluding hydrogens is 268 g/mol. The van der Waals surface area contributed by atoms with E-state index in [9.17, 15) is 9.59 Å². The molecule has 0 spiro atoms. The van der Waals surface area contributed by atoms with Crippen molar-refractivity contribution in [1.29, 1.82) is 0 Å². The lowest BCUT2D eigenvalue weighted by molar-refractivity contribution is 0.0951. The monoisotopic (exact) mass is 286 g/mol.